The summed E-state index contributed by atoms with van der Waals surface area (Å²) in [5.41, 5.74) is 0.647. The minimum absolute atomic E-state index is 0.0450. The zero-order valence-electron chi connectivity index (χ0n) is 20.3. The Kier molecular flexibility index (Phi) is 7.65. The summed E-state index contributed by atoms with van der Waals surface area (Å²) in [5.74, 6) is -0.467. The summed E-state index contributed by atoms with van der Waals surface area (Å²) in [6, 6.07) is 16.4. The number of alkyl halides is 3. The number of anilines is 2. The van der Waals surface area contributed by atoms with Gasteiger partial charge < -0.3 is 10.1 Å². The number of sulfonamides is 1. The lowest BCUT2D eigenvalue weighted by molar-refractivity contribution is -0.141. The first kappa shape index (κ1) is 27.0. The SMILES string of the molecule is CCOC(=O)CNS(=O)(=O)c1cc(-c2nnc(Nc3cccc(C(F)(F)F)c3)c3ccccc23)ccc1C. The molecule has 1 aromatic heterocycles. The number of halogens is 3. The van der Waals surface area contributed by atoms with Crippen LogP contribution in [0.25, 0.3) is 22.0 Å². The van der Waals surface area contributed by atoms with Crippen molar-refractivity contribution in [3.63, 3.8) is 0 Å². The summed E-state index contributed by atoms with van der Waals surface area (Å²) in [6.45, 7) is 2.85. The lowest BCUT2D eigenvalue weighted by Gasteiger charge is -2.14. The normalized spacial score (nSPS) is 11.9. The van der Waals surface area contributed by atoms with Crippen LogP contribution in [0, 0.1) is 6.92 Å². The first-order valence-electron chi connectivity index (χ1n) is 11.5. The Hall–Kier alpha value is -4.03. The molecule has 4 rings (SSSR count). The molecule has 4 aromatic rings. The minimum atomic E-state index is -4.50. The molecule has 1 heterocycles. The van der Waals surface area contributed by atoms with Gasteiger partial charge in [0, 0.05) is 22.0 Å². The van der Waals surface area contributed by atoms with E-state index in [0.29, 0.717) is 27.6 Å². The van der Waals surface area contributed by atoms with Gasteiger partial charge in [0.05, 0.1) is 17.1 Å². The van der Waals surface area contributed by atoms with E-state index < -0.39 is 34.3 Å². The van der Waals surface area contributed by atoms with Gasteiger partial charge >= 0.3 is 12.1 Å². The van der Waals surface area contributed by atoms with Gasteiger partial charge in [-0.2, -0.15) is 17.9 Å². The third-order valence-electron chi connectivity index (χ3n) is 5.60. The van der Waals surface area contributed by atoms with Crippen molar-refractivity contribution in [2.75, 3.05) is 18.5 Å². The van der Waals surface area contributed by atoms with Crippen LogP contribution in [0.5, 0.6) is 0 Å². The lowest BCUT2D eigenvalue weighted by atomic mass is 10.0. The minimum Gasteiger partial charge on any atom is -0.465 e. The third-order valence-corrected chi connectivity index (χ3v) is 7.15. The number of nitrogens with one attached hydrogen (secondary N) is 2. The average molecular weight is 545 g/mol. The van der Waals surface area contributed by atoms with E-state index in [2.05, 4.69) is 20.2 Å². The highest BCUT2D eigenvalue weighted by Crippen LogP contribution is 2.34. The quantitative estimate of drug-likeness (QED) is 0.293. The number of hydrogen-bond donors (Lipinski definition) is 2. The number of fused-ring (bicyclic) bond motifs is 1. The van der Waals surface area contributed by atoms with Gasteiger partial charge in [0.1, 0.15) is 12.2 Å². The van der Waals surface area contributed by atoms with E-state index in [0.717, 1.165) is 12.1 Å². The fraction of sp³-hybridized carbons (Fsp3) is 0.192. The first-order chi connectivity index (χ1) is 18.0. The fourth-order valence-corrected chi connectivity index (χ4v) is 5.04. The van der Waals surface area contributed by atoms with Crippen molar-refractivity contribution in [3.8, 4) is 11.3 Å². The molecule has 0 bridgehead atoms. The maximum Gasteiger partial charge on any atom is 0.416 e. The molecule has 38 heavy (non-hydrogen) atoms. The molecule has 2 N–H and O–H groups in total. The Labute approximate surface area is 216 Å². The Balaban J connectivity index is 1.72. The van der Waals surface area contributed by atoms with Crippen LogP contribution in [0.2, 0.25) is 0 Å². The molecule has 0 aliphatic heterocycles. The number of hydrogen-bond acceptors (Lipinski definition) is 7. The number of nitrogens with zero attached hydrogens (tertiary/aromatic N) is 2. The van der Waals surface area contributed by atoms with Gasteiger partial charge in [-0.15, -0.1) is 10.2 Å². The summed E-state index contributed by atoms with van der Waals surface area (Å²) in [7, 11) is -4.06. The van der Waals surface area contributed by atoms with Crippen molar-refractivity contribution in [2.24, 2.45) is 0 Å². The van der Waals surface area contributed by atoms with Gasteiger partial charge in [-0.1, -0.05) is 42.5 Å². The van der Waals surface area contributed by atoms with Crippen LogP contribution in [0.1, 0.15) is 18.1 Å². The molecular formula is C26H23F3N4O4S. The number of aromatic nitrogens is 2. The van der Waals surface area contributed by atoms with E-state index in [1.807, 2.05) is 0 Å². The third kappa shape index (κ3) is 5.92. The molecule has 0 fully saturated rings. The highest BCUT2D eigenvalue weighted by atomic mass is 32.2. The standard InChI is InChI=1S/C26H23F3N4O4S/c1-3-37-23(34)15-30-38(35,36)22-13-17(12-11-16(22)2)24-20-9-4-5-10-21(20)25(33-32-24)31-19-8-6-7-18(14-19)26(27,28)29/h4-14,30H,3,15H2,1-2H3,(H,31,33). The highest BCUT2D eigenvalue weighted by Gasteiger charge is 2.30. The van der Waals surface area contributed by atoms with Crippen molar-refractivity contribution >= 4 is 38.3 Å². The van der Waals surface area contributed by atoms with Gasteiger partial charge in [0.2, 0.25) is 10.0 Å². The molecule has 3 aromatic carbocycles. The molecule has 0 aliphatic rings. The van der Waals surface area contributed by atoms with Crippen LogP contribution >= 0.6 is 0 Å². The molecule has 0 unspecified atom stereocenters. The van der Waals surface area contributed by atoms with Gasteiger partial charge in [-0.25, -0.2) is 8.42 Å². The molecule has 12 heteroatoms. The van der Waals surface area contributed by atoms with Crippen LogP contribution in [0.4, 0.5) is 24.7 Å². The van der Waals surface area contributed by atoms with Gasteiger partial charge in [0.15, 0.2) is 5.82 Å². The maximum absolute atomic E-state index is 13.1. The smallest absolute Gasteiger partial charge is 0.416 e. The van der Waals surface area contributed by atoms with E-state index in [1.54, 1.807) is 50.2 Å². The molecule has 198 valence electrons. The van der Waals surface area contributed by atoms with E-state index in [9.17, 15) is 26.4 Å². The molecule has 0 atom stereocenters. The number of carbonyl (C=O) groups is 1. The van der Waals surface area contributed by atoms with Crippen LogP contribution < -0.4 is 10.0 Å². The second-order valence-electron chi connectivity index (χ2n) is 8.26. The van der Waals surface area contributed by atoms with E-state index in [-0.39, 0.29) is 23.0 Å². The van der Waals surface area contributed by atoms with Crippen molar-refractivity contribution in [3.05, 3.63) is 77.9 Å². The Bertz CT molecular complexity index is 1610. The topological polar surface area (TPSA) is 110 Å². The first-order valence-corrected chi connectivity index (χ1v) is 12.9. The second kappa shape index (κ2) is 10.8. The molecule has 8 nitrogen and oxygen atoms in total. The number of benzene rings is 3. The molecule has 0 amide bonds. The Morgan fingerprint density at radius 2 is 1.71 bits per heavy atom. The number of ether oxygens (including phenoxy) is 1. The van der Waals surface area contributed by atoms with E-state index >= 15 is 0 Å². The summed E-state index contributed by atoms with van der Waals surface area (Å²) >= 11 is 0. The number of aryl methyl sites for hydroxylation is 1. The summed E-state index contributed by atoms with van der Waals surface area (Å²) < 4.78 is 72.3. The molecule has 0 aliphatic carbocycles. The van der Waals surface area contributed by atoms with Crippen LogP contribution in [-0.4, -0.2) is 37.7 Å². The number of rotatable bonds is 8. The van der Waals surface area contributed by atoms with Crippen LogP contribution in [0.3, 0.4) is 0 Å². The summed E-state index contributed by atoms with van der Waals surface area (Å²) in [4.78, 5) is 11.6. The van der Waals surface area contributed by atoms with Crippen molar-refractivity contribution in [1.82, 2.24) is 14.9 Å². The van der Waals surface area contributed by atoms with E-state index in [1.165, 1.54) is 18.2 Å². The molecule has 0 spiro atoms. The zero-order valence-corrected chi connectivity index (χ0v) is 21.2. The fourth-order valence-electron chi connectivity index (χ4n) is 3.80. The van der Waals surface area contributed by atoms with Crippen LogP contribution in [-0.2, 0) is 25.7 Å². The van der Waals surface area contributed by atoms with Gasteiger partial charge in [-0.3, -0.25) is 4.79 Å². The lowest BCUT2D eigenvalue weighted by Crippen LogP contribution is -2.31. The molecular weight excluding hydrogens is 521 g/mol. The predicted octanol–water partition coefficient (Wildman–Crippen LogP) is 5.21. The summed E-state index contributed by atoms with van der Waals surface area (Å²) in [6.07, 6.45) is -4.50. The van der Waals surface area contributed by atoms with E-state index in [4.69, 9.17) is 4.74 Å². The molecule has 0 saturated heterocycles. The van der Waals surface area contributed by atoms with Crippen molar-refractivity contribution in [1.29, 1.82) is 0 Å². The second-order valence-corrected chi connectivity index (χ2v) is 9.99. The zero-order chi connectivity index (χ0) is 27.5. The Morgan fingerprint density at radius 1 is 0.974 bits per heavy atom. The monoisotopic (exact) mass is 544 g/mol. The van der Waals surface area contributed by atoms with Gasteiger partial charge in [-0.05, 0) is 43.7 Å². The predicted molar refractivity (Wildman–Crippen MR) is 136 cm³/mol. The number of esters is 1. The maximum atomic E-state index is 13.1. The molecule has 0 radical (unpaired) electrons. The summed E-state index contributed by atoms with van der Waals surface area (Å²) in [5, 5.41) is 12.5. The number of carbonyl (C=O) groups excluding carboxylic acids is 1. The van der Waals surface area contributed by atoms with Crippen molar-refractivity contribution in [2.45, 2.75) is 24.9 Å². The van der Waals surface area contributed by atoms with Crippen molar-refractivity contribution < 1.29 is 31.1 Å². The molecule has 0 saturated carbocycles. The average Bonchev–Trinajstić information content (AvgIpc) is 2.88. The largest absolute Gasteiger partial charge is 0.465 e. The van der Waals surface area contributed by atoms with Crippen LogP contribution in [0.15, 0.2) is 71.6 Å². The Morgan fingerprint density at radius 3 is 2.42 bits per heavy atom. The highest BCUT2D eigenvalue weighted by molar-refractivity contribution is 7.89. The van der Waals surface area contributed by atoms with Gasteiger partial charge in [0.25, 0.3) is 0 Å².